The van der Waals surface area contributed by atoms with Gasteiger partial charge in [0.15, 0.2) is 0 Å². The Morgan fingerprint density at radius 2 is 2.00 bits per heavy atom. The quantitative estimate of drug-likeness (QED) is 0.837. The fourth-order valence-corrected chi connectivity index (χ4v) is 1.59. The molecule has 1 aromatic carbocycles. The fourth-order valence-electron chi connectivity index (χ4n) is 1.59. The minimum Gasteiger partial charge on any atom is -0.338 e. The van der Waals surface area contributed by atoms with Crippen LogP contribution in [0.1, 0.15) is 13.3 Å². The number of nitrogens with zero attached hydrogens (tertiary/aromatic N) is 4. The van der Waals surface area contributed by atoms with Gasteiger partial charge < -0.3 is 5.32 Å². The Labute approximate surface area is 121 Å². The van der Waals surface area contributed by atoms with E-state index in [9.17, 15) is 9.59 Å². The van der Waals surface area contributed by atoms with Gasteiger partial charge in [-0.15, -0.1) is 10.2 Å². The Kier molecular flexibility index (Phi) is 4.97. The van der Waals surface area contributed by atoms with E-state index in [1.54, 1.807) is 0 Å². The van der Waals surface area contributed by atoms with Crippen LogP contribution in [0.25, 0.3) is 11.4 Å². The molecule has 21 heavy (non-hydrogen) atoms. The van der Waals surface area contributed by atoms with Gasteiger partial charge in [0, 0.05) is 12.1 Å². The summed E-state index contributed by atoms with van der Waals surface area (Å²) in [5.41, 5.74) is 0.810. The molecule has 0 fully saturated rings. The van der Waals surface area contributed by atoms with Gasteiger partial charge in [0.2, 0.25) is 5.82 Å². The number of urea groups is 1. The van der Waals surface area contributed by atoms with E-state index >= 15 is 0 Å². The number of carbonyl (C=O) groups excluding carboxylic acids is 2. The van der Waals surface area contributed by atoms with E-state index in [1.165, 1.54) is 0 Å². The highest BCUT2D eigenvalue weighted by molar-refractivity contribution is 5.94. The van der Waals surface area contributed by atoms with Crippen molar-refractivity contribution in [2.45, 2.75) is 19.9 Å². The number of benzene rings is 1. The van der Waals surface area contributed by atoms with Crippen LogP contribution in [0.15, 0.2) is 30.3 Å². The van der Waals surface area contributed by atoms with Gasteiger partial charge in [0.05, 0.1) is 0 Å². The van der Waals surface area contributed by atoms with Gasteiger partial charge in [-0.2, -0.15) is 4.80 Å². The molecule has 2 rings (SSSR count). The standard InChI is InChI=1S/C13H16N6O2/c1-2-8-14-13(21)15-11(20)9-19-17-12(16-18-19)10-6-4-3-5-7-10/h3-7H,2,8-9H2,1H3,(H2,14,15,20,21). The van der Waals surface area contributed by atoms with Crippen molar-refractivity contribution >= 4 is 11.9 Å². The molecule has 0 saturated carbocycles. The summed E-state index contributed by atoms with van der Waals surface area (Å²) in [6.07, 6.45) is 0.798. The molecule has 0 aliphatic carbocycles. The van der Waals surface area contributed by atoms with Crippen molar-refractivity contribution in [3.05, 3.63) is 30.3 Å². The molecule has 2 N–H and O–H groups in total. The molecule has 1 aromatic heterocycles. The zero-order valence-electron chi connectivity index (χ0n) is 11.6. The first-order valence-electron chi connectivity index (χ1n) is 6.60. The lowest BCUT2D eigenvalue weighted by molar-refractivity contribution is -0.121. The van der Waals surface area contributed by atoms with E-state index in [4.69, 9.17) is 0 Å². The minimum absolute atomic E-state index is 0.167. The van der Waals surface area contributed by atoms with Gasteiger partial charge in [0.25, 0.3) is 5.91 Å². The molecule has 8 heteroatoms. The summed E-state index contributed by atoms with van der Waals surface area (Å²) < 4.78 is 0. The zero-order chi connectivity index (χ0) is 15.1. The van der Waals surface area contributed by atoms with E-state index in [0.29, 0.717) is 12.4 Å². The first-order chi connectivity index (χ1) is 10.2. The third kappa shape index (κ3) is 4.37. The number of rotatable bonds is 5. The normalized spacial score (nSPS) is 10.1. The molecule has 0 spiro atoms. The maximum atomic E-state index is 11.6. The van der Waals surface area contributed by atoms with Gasteiger partial charge in [-0.25, -0.2) is 4.79 Å². The van der Waals surface area contributed by atoms with Crippen LogP contribution in [0.5, 0.6) is 0 Å². The van der Waals surface area contributed by atoms with Crippen molar-refractivity contribution in [1.82, 2.24) is 30.8 Å². The minimum atomic E-state index is -0.523. The molecular weight excluding hydrogens is 272 g/mol. The number of hydrogen-bond donors (Lipinski definition) is 2. The first-order valence-corrected chi connectivity index (χ1v) is 6.60. The van der Waals surface area contributed by atoms with Crippen LogP contribution in [-0.4, -0.2) is 38.7 Å². The lowest BCUT2D eigenvalue weighted by Crippen LogP contribution is -2.41. The molecule has 8 nitrogen and oxygen atoms in total. The SMILES string of the molecule is CCCNC(=O)NC(=O)Cn1nnc(-c2ccccc2)n1. The molecule has 0 bridgehead atoms. The van der Waals surface area contributed by atoms with Crippen molar-refractivity contribution in [1.29, 1.82) is 0 Å². The molecule has 110 valence electrons. The molecule has 0 aliphatic rings. The predicted octanol–water partition coefficient (Wildman–Crippen LogP) is 0.576. The van der Waals surface area contributed by atoms with E-state index in [0.717, 1.165) is 16.8 Å². The fraction of sp³-hybridized carbons (Fsp3) is 0.308. The van der Waals surface area contributed by atoms with Crippen LogP contribution < -0.4 is 10.6 Å². The van der Waals surface area contributed by atoms with E-state index in [1.807, 2.05) is 37.3 Å². The van der Waals surface area contributed by atoms with E-state index in [-0.39, 0.29) is 6.54 Å². The molecule has 0 aliphatic heterocycles. The summed E-state index contributed by atoms with van der Waals surface area (Å²) in [7, 11) is 0. The zero-order valence-corrected chi connectivity index (χ0v) is 11.6. The molecule has 0 radical (unpaired) electrons. The van der Waals surface area contributed by atoms with E-state index in [2.05, 4.69) is 26.0 Å². The highest BCUT2D eigenvalue weighted by Gasteiger charge is 2.11. The summed E-state index contributed by atoms with van der Waals surface area (Å²) >= 11 is 0. The number of aromatic nitrogens is 4. The monoisotopic (exact) mass is 288 g/mol. The maximum Gasteiger partial charge on any atom is 0.321 e. The highest BCUT2D eigenvalue weighted by Crippen LogP contribution is 2.11. The van der Waals surface area contributed by atoms with Crippen molar-refractivity contribution in [2.24, 2.45) is 0 Å². The Bertz CT molecular complexity index is 610. The second kappa shape index (κ2) is 7.13. The molecular formula is C13H16N6O2. The average molecular weight is 288 g/mol. The number of nitrogens with one attached hydrogen (secondary N) is 2. The number of hydrogen-bond acceptors (Lipinski definition) is 5. The number of tetrazole rings is 1. The van der Waals surface area contributed by atoms with Crippen molar-refractivity contribution in [3.8, 4) is 11.4 Å². The lowest BCUT2D eigenvalue weighted by atomic mass is 10.2. The molecule has 0 saturated heterocycles. The Hall–Kier alpha value is -2.77. The van der Waals surface area contributed by atoms with Crippen molar-refractivity contribution < 1.29 is 9.59 Å². The Morgan fingerprint density at radius 3 is 2.71 bits per heavy atom. The van der Waals surface area contributed by atoms with Gasteiger partial charge in [-0.05, 0) is 11.6 Å². The second-order valence-electron chi connectivity index (χ2n) is 4.31. The van der Waals surface area contributed by atoms with Crippen LogP contribution in [-0.2, 0) is 11.3 Å². The van der Waals surface area contributed by atoms with Crippen LogP contribution >= 0.6 is 0 Å². The van der Waals surface area contributed by atoms with E-state index < -0.39 is 11.9 Å². The van der Waals surface area contributed by atoms with Gasteiger partial charge >= 0.3 is 6.03 Å². The van der Waals surface area contributed by atoms with Crippen LogP contribution in [0, 0.1) is 0 Å². The topological polar surface area (TPSA) is 102 Å². The van der Waals surface area contributed by atoms with Gasteiger partial charge in [-0.1, -0.05) is 37.3 Å². The number of imide groups is 1. The van der Waals surface area contributed by atoms with Gasteiger partial charge in [-0.3, -0.25) is 10.1 Å². The summed E-state index contributed by atoms with van der Waals surface area (Å²) in [6.45, 7) is 2.27. The molecule has 2 aromatic rings. The molecule has 0 atom stereocenters. The number of amides is 3. The third-order valence-electron chi connectivity index (χ3n) is 2.56. The van der Waals surface area contributed by atoms with Gasteiger partial charge in [0.1, 0.15) is 6.54 Å². The number of carbonyl (C=O) groups is 2. The largest absolute Gasteiger partial charge is 0.338 e. The summed E-state index contributed by atoms with van der Waals surface area (Å²) in [4.78, 5) is 24.1. The highest BCUT2D eigenvalue weighted by atomic mass is 16.2. The summed E-state index contributed by atoms with van der Waals surface area (Å²) in [6, 6.07) is 8.78. The van der Waals surface area contributed by atoms with Crippen molar-refractivity contribution in [2.75, 3.05) is 6.54 Å². The summed E-state index contributed by atoms with van der Waals surface area (Å²) in [5, 5.41) is 16.5. The van der Waals surface area contributed by atoms with Crippen LogP contribution in [0.4, 0.5) is 4.79 Å². The Morgan fingerprint density at radius 1 is 1.24 bits per heavy atom. The second-order valence-corrected chi connectivity index (χ2v) is 4.31. The third-order valence-corrected chi connectivity index (χ3v) is 2.56. The average Bonchev–Trinajstić information content (AvgIpc) is 2.94. The molecule has 3 amide bonds. The first kappa shape index (κ1) is 14.6. The summed E-state index contributed by atoms with van der Waals surface area (Å²) in [5.74, 6) is -0.0700. The Balaban J connectivity index is 1.91. The lowest BCUT2D eigenvalue weighted by Gasteiger charge is -2.04. The predicted molar refractivity (Wildman–Crippen MR) is 75.1 cm³/mol. The van der Waals surface area contributed by atoms with Crippen molar-refractivity contribution in [3.63, 3.8) is 0 Å². The smallest absolute Gasteiger partial charge is 0.321 e. The maximum absolute atomic E-state index is 11.6. The molecule has 1 heterocycles. The molecule has 0 unspecified atom stereocenters. The van der Waals surface area contributed by atoms with Crippen LogP contribution in [0.2, 0.25) is 0 Å². The van der Waals surface area contributed by atoms with Crippen LogP contribution in [0.3, 0.4) is 0 Å².